The fourth-order valence-electron chi connectivity index (χ4n) is 2.57. The molecule has 0 saturated heterocycles. The lowest BCUT2D eigenvalue weighted by molar-refractivity contribution is 0.108. The van der Waals surface area contributed by atoms with Crippen LogP contribution in [0.2, 0.25) is 0 Å². The molecule has 102 valence electrons. The van der Waals surface area contributed by atoms with E-state index in [1.165, 1.54) is 0 Å². The minimum Gasteiger partial charge on any atom is -0.393 e. The van der Waals surface area contributed by atoms with Gasteiger partial charge in [0.15, 0.2) is 0 Å². The molecule has 0 radical (unpaired) electrons. The van der Waals surface area contributed by atoms with E-state index in [-0.39, 0.29) is 6.10 Å². The van der Waals surface area contributed by atoms with Crippen LogP contribution in [-0.4, -0.2) is 32.5 Å². The monoisotopic (exact) mass is 252 g/mol. The lowest BCUT2D eigenvalue weighted by atomic mass is 9.87. The summed E-state index contributed by atoms with van der Waals surface area (Å²) in [6.07, 6.45) is 5.72. The van der Waals surface area contributed by atoms with E-state index in [1.807, 2.05) is 4.68 Å². The van der Waals surface area contributed by atoms with Gasteiger partial charge in [-0.15, -0.1) is 0 Å². The second-order valence-electron chi connectivity index (χ2n) is 5.52. The van der Waals surface area contributed by atoms with Crippen molar-refractivity contribution in [2.45, 2.75) is 58.2 Å². The Labute approximate surface area is 109 Å². The summed E-state index contributed by atoms with van der Waals surface area (Å²) in [5.74, 6) is 1.70. The van der Waals surface area contributed by atoms with Crippen molar-refractivity contribution in [2.75, 3.05) is 6.54 Å². The van der Waals surface area contributed by atoms with Crippen molar-refractivity contribution < 1.29 is 5.11 Å². The number of hydrogen-bond donors (Lipinski definition) is 2. The third-order valence-electron chi connectivity index (χ3n) is 3.67. The smallest absolute Gasteiger partial charge is 0.141 e. The van der Waals surface area contributed by atoms with Crippen molar-refractivity contribution in [1.82, 2.24) is 20.1 Å². The molecule has 0 unspecified atom stereocenters. The summed E-state index contributed by atoms with van der Waals surface area (Å²) in [6, 6.07) is 0.356. The highest BCUT2D eigenvalue weighted by molar-refractivity contribution is 4.86. The number of rotatable bonds is 5. The van der Waals surface area contributed by atoms with Gasteiger partial charge in [0, 0.05) is 6.04 Å². The predicted octanol–water partition coefficient (Wildman–Crippen LogP) is 1.50. The molecule has 1 aromatic heterocycles. The number of nitrogens with one attached hydrogen (secondary N) is 1. The van der Waals surface area contributed by atoms with E-state index in [4.69, 9.17) is 0 Å². The van der Waals surface area contributed by atoms with Gasteiger partial charge in [-0.05, 0) is 52.0 Å². The van der Waals surface area contributed by atoms with Crippen molar-refractivity contribution >= 4 is 0 Å². The second-order valence-corrected chi connectivity index (χ2v) is 5.52. The standard InChI is InChI=1S/C13H24N4O/c1-10(2)17-13(15-9-16-17)8-14-7-11-3-5-12(18)6-4-11/h9-12,14,18H,3-8H2,1-2H3. The lowest BCUT2D eigenvalue weighted by Gasteiger charge is -2.25. The molecule has 0 aromatic carbocycles. The van der Waals surface area contributed by atoms with Gasteiger partial charge < -0.3 is 10.4 Å². The van der Waals surface area contributed by atoms with Gasteiger partial charge in [-0.25, -0.2) is 9.67 Å². The molecule has 2 N–H and O–H groups in total. The number of nitrogens with zero attached hydrogens (tertiary/aromatic N) is 3. The molecule has 1 saturated carbocycles. The molecule has 1 aromatic rings. The highest BCUT2D eigenvalue weighted by Crippen LogP contribution is 2.23. The van der Waals surface area contributed by atoms with E-state index in [0.717, 1.165) is 44.6 Å². The number of hydrogen-bond acceptors (Lipinski definition) is 4. The van der Waals surface area contributed by atoms with Crippen molar-refractivity contribution in [1.29, 1.82) is 0 Å². The zero-order valence-corrected chi connectivity index (χ0v) is 11.3. The first-order valence-corrected chi connectivity index (χ1v) is 6.94. The Morgan fingerprint density at radius 2 is 2.11 bits per heavy atom. The fraction of sp³-hybridized carbons (Fsp3) is 0.846. The van der Waals surface area contributed by atoms with Crippen LogP contribution in [0.5, 0.6) is 0 Å². The van der Waals surface area contributed by atoms with Crippen molar-refractivity contribution in [3.05, 3.63) is 12.2 Å². The summed E-state index contributed by atoms with van der Waals surface area (Å²) < 4.78 is 1.96. The Hall–Kier alpha value is -0.940. The topological polar surface area (TPSA) is 63.0 Å². The Balaban J connectivity index is 1.73. The van der Waals surface area contributed by atoms with Crippen LogP contribution < -0.4 is 5.32 Å². The molecule has 0 aliphatic heterocycles. The molecule has 0 spiro atoms. The van der Waals surface area contributed by atoms with Crippen LogP contribution in [0.3, 0.4) is 0 Å². The van der Waals surface area contributed by atoms with Gasteiger partial charge >= 0.3 is 0 Å². The molecular weight excluding hydrogens is 228 g/mol. The van der Waals surface area contributed by atoms with Crippen LogP contribution in [0.25, 0.3) is 0 Å². The number of aromatic nitrogens is 3. The molecule has 0 bridgehead atoms. The third kappa shape index (κ3) is 3.53. The third-order valence-corrected chi connectivity index (χ3v) is 3.67. The normalized spacial score (nSPS) is 24.7. The Morgan fingerprint density at radius 3 is 2.78 bits per heavy atom. The molecule has 1 aliphatic carbocycles. The van der Waals surface area contributed by atoms with Crippen molar-refractivity contribution in [2.24, 2.45) is 5.92 Å². The van der Waals surface area contributed by atoms with E-state index >= 15 is 0 Å². The maximum atomic E-state index is 9.46. The van der Waals surface area contributed by atoms with Gasteiger partial charge in [0.1, 0.15) is 12.2 Å². The average molecular weight is 252 g/mol. The van der Waals surface area contributed by atoms with E-state index < -0.39 is 0 Å². The summed E-state index contributed by atoms with van der Waals surface area (Å²) >= 11 is 0. The van der Waals surface area contributed by atoms with Crippen LogP contribution in [0.1, 0.15) is 51.4 Å². The van der Waals surface area contributed by atoms with Crippen molar-refractivity contribution in [3.63, 3.8) is 0 Å². The zero-order chi connectivity index (χ0) is 13.0. The maximum Gasteiger partial charge on any atom is 0.141 e. The molecule has 2 rings (SSSR count). The molecule has 0 amide bonds. The van der Waals surface area contributed by atoms with Gasteiger partial charge in [0.05, 0.1) is 12.6 Å². The second kappa shape index (κ2) is 6.29. The molecule has 0 atom stereocenters. The SMILES string of the molecule is CC(C)n1ncnc1CNCC1CCC(O)CC1. The van der Waals surface area contributed by atoms with Gasteiger partial charge in [-0.2, -0.15) is 5.10 Å². The highest BCUT2D eigenvalue weighted by Gasteiger charge is 2.19. The quantitative estimate of drug-likeness (QED) is 0.833. The summed E-state index contributed by atoms with van der Waals surface area (Å²) in [5, 5.41) is 17.1. The Kier molecular flexibility index (Phi) is 4.72. The summed E-state index contributed by atoms with van der Waals surface area (Å²) in [5.41, 5.74) is 0. The summed E-state index contributed by atoms with van der Waals surface area (Å²) in [6.45, 7) is 6.01. The first-order valence-electron chi connectivity index (χ1n) is 6.94. The average Bonchev–Trinajstić information content (AvgIpc) is 2.80. The number of aliphatic hydroxyl groups is 1. The van der Waals surface area contributed by atoms with Gasteiger partial charge in [0.25, 0.3) is 0 Å². The molecule has 18 heavy (non-hydrogen) atoms. The van der Waals surface area contributed by atoms with E-state index in [0.29, 0.717) is 12.0 Å². The van der Waals surface area contributed by atoms with E-state index in [1.54, 1.807) is 6.33 Å². The predicted molar refractivity (Wildman–Crippen MR) is 70.1 cm³/mol. The largest absolute Gasteiger partial charge is 0.393 e. The van der Waals surface area contributed by atoms with E-state index in [9.17, 15) is 5.11 Å². The molecule has 5 heteroatoms. The first kappa shape index (κ1) is 13.5. The number of aliphatic hydroxyl groups excluding tert-OH is 1. The minimum absolute atomic E-state index is 0.0645. The zero-order valence-electron chi connectivity index (χ0n) is 11.3. The van der Waals surface area contributed by atoms with Crippen LogP contribution in [-0.2, 0) is 6.54 Å². The van der Waals surface area contributed by atoms with Crippen LogP contribution >= 0.6 is 0 Å². The van der Waals surface area contributed by atoms with Crippen LogP contribution in [0.4, 0.5) is 0 Å². The van der Waals surface area contributed by atoms with Crippen LogP contribution in [0.15, 0.2) is 6.33 Å². The van der Waals surface area contributed by atoms with Gasteiger partial charge in [-0.1, -0.05) is 0 Å². The molecule has 1 fully saturated rings. The molecule has 1 aliphatic rings. The maximum absolute atomic E-state index is 9.46. The Bertz CT molecular complexity index is 356. The molecule has 5 nitrogen and oxygen atoms in total. The van der Waals surface area contributed by atoms with Gasteiger partial charge in [0.2, 0.25) is 0 Å². The van der Waals surface area contributed by atoms with E-state index in [2.05, 4.69) is 29.2 Å². The molecule has 1 heterocycles. The van der Waals surface area contributed by atoms with Crippen molar-refractivity contribution in [3.8, 4) is 0 Å². The Morgan fingerprint density at radius 1 is 1.39 bits per heavy atom. The first-order chi connectivity index (χ1) is 8.66. The fourth-order valence-corrected chi connectivity index (χ4v) is 2.57. The lowest BCUT2D eigenvalue weighted by Crippen LogP contribution is -2.28. The minimum atomic E-state index is -0.0645. The van der Waals surface area contributed by atoms with Crippen LogP contribution in [0, 0.1) is 5.92 Å². The molecular formula is C13H24N4O. The summed E-state index contributed by atoms with van der Waals surface area (Å²) in [7, 11) is 0. The summed E-state index contributed by atoms with van der Waals surface area (Å²) in [4.78, 5) is 4.28. The highest BCUT2D eigenvalue weighted by atomic mass is 16.3. The van der Waals surface area contributed by atoms with Gasteiger partial charge in [-0.3, -0.25) is 0 Å².